The van der Waals surface area contributed by atoms with Gasteiger partial charge in [0.15, 0.2) is 0 Å². The molecule has 1 saturated heterocycles. The molecule has 1 atom stereocenters. The highest BCUT2D eigenvalue weighted by Crippen LogP contribution is 2.27. The maximum Gasteiger partial charge on any atom is 0.243 e. The van der Waals surface area contributed by atoms with Gasteiger partial charge in [0.1, 0.15) is 0 Å². The number of nitrogens with zero attached hydrogens (tertiary/aromatic N) is 1. The van der Waals surface area contributed by atoms with Crippen LogP contribution in [0.5, 0.6) is 0 Å². The van der Waals surface area contributed by atoms with Crippen molar-refractivity contribution < 1.29 is 14.4 Å². The first kappa shape index (κ1) is 19.6. The zero-order valence-electron chi connectivity index (χ0n) is 16.1. The summed E-state index contributed by atoms with van der Waals surface area (Å²) in [5.41, 5.74) is 2.64. The van der Waals surface area contributed by atoms with Crippen LogP contribution in [0.15, 0.2) is 54.6 Å². The van der Waals surface area contributed by atoms with Gasteiger partial charge in [-0.2, -0.15) is 0 Å². The van der Waals surface area contributed by atoms with Gasteiger partial charge in [-0.15, -0.1) is 0 Å². The number of para-hydroxylation sites is 1. The summed E-state index contributed by atoms with van der Waals surface area (Å²) in [7, 11) is 0. The zero-order chi connectivity index (χ0) is 20.1. The lowest BCUT2D eigenvalue weighted by Crippen LogP contribution is -2.37. The maximum absolute atomic E-state index is 12.4. The van der Waals surface area contributed by atoms with Gasteiger partial charge in [0.2, 0.25) is 17.7 Å². The molecule has 3 rings (SSSR count). The molecule has 146 valence electrons. The number of rotatable bonds is 6. The van der Waals surface area contributed by atoms with Crippen LogP contribution in [0.3, 0.4) is 0 Å². The van der Waals surface area contributed by atoms with E-state index in [-0.39, 0.29) is 30.7 Å². The second-order valence-corrected chi connectivity index (χ2v) is 7.29. The van der Waals surface area contributed by atoms with Crippen molar-refractivity contribution in [2.45, 2.75) is 26.2 Å². The molecule has 28 heavy (non-hydrogen) atoms. The summed E-state index contributed by atoms with van der Waals surface area (Å²) < 4.78 is 0. The number of carbonyl (C=O) groups is 3. The monoisotopic (exact) mass is 379 g/mol. The van der Waals surface area contributed by atoms with Crippen LogP contribution in [0.4, 0.5) is 11.4 Å². The summed E-state index contributed by atoms with van der Waals surface area (Å²) in [6, 6.07) is 16.9. The number of anilines is 2. The van der Waals surface area contributed by atoms with Crippen molar-refractivity contribution in [2.75, 3.05) is 23.3 Å². The van der Waals surface area contributed by atoms with Crippen molar-refractivity contribution in [2.24, 2.45) is 5.92 Å². The molecule has 2 aromatic rings. The molecule has 0 radical (unpaired) electrons. The lowest BCUT2D eigenvalue weighted by Gasteiger charge is -2.18. The Bertz CT molecular complexity index is 864. The van der Waals surface area contributed by atoms with Crippen molar-refractivity contribution in [3.05, 3.63) is 60.2 Å². The molecule has 1 unspecified atom stereocenters. The number of amides is 3. The standard InChI is InChI=1S/C22H25N3O3/c1-15(2)16-7-6-10-19(11-16)25-14-17(12-21(25)27)22(28)23-13-20(26)24-18-8-4-3-5-9-18/h3-11,15,17H,12-14H2,1-2H3,(H,23,28)(H,24,26). The van der Waals surface area contributed by atoms with Crippen LogP contribution in [0.25, 0.3) is 0 Å². The van der Waals surface area contributed by atoms with Gasteiger partial charge in [0.05, 0.1) is 12.5 Å². The molecule has 0 saturated carbocycles. The molecular formula is C22H25N3O3. The summed E-state index contributed by atoms with van der Waals surface area (Å²) in [4.78, 5) is 38.5. The van der Waals surface area contributed by atoms with Gasteiger partial charge in [-0.25, -0.2) is 0 Å². The largest absolute Gasteiger partial charge is 0.347 e. The van der Waals surface area contributed by atoms with E-state index in [1.54, 1.807) is 17.0 Å². The van der Waals surface area contributed by atoms with Gasteiger partial charge in [-0.1, -0.05) is 44.2 Å². The molecular weight excluding hydrogens is 354 g/mol. The van der Waals surface area contributed by atoms with E-state index in [0.717, 1.165) is 11.3 Å². The summed E-state index contributed by atoms with van der Waals surface area (Å²) in [6.45, 7) is 4.40. The van der Waals surface area contributed by atoms with E-state index in [1.807, 2.05) is 42.5 Å². The van der Waals surface area contributed by atoms with Crippen LogP contribution in [0, 0.1) is 5.92 Å². The summed E-state index contributed by atoms with van der Waals surface area (Å²) in [5, 5.41) is 5.35. The van der Waals surface area contributed by atoms with Crippen LogP contribution in [0.1, 0.15) is 31.7 Å². The summed E-state index contributed by atoms with van der Waals surface area (Å²) in [5.74, 6) is -0.751. The minimum absolute atomic E-state index is 0.0743. The zero-order valence-corrected chi connectivity index (χ0v) is 16.1. The Labute approximate surface area is 164 Å². The topological polar surface area (TPSA) is 78.5 Å². The molecule has 1 aliphatic heterocycles. The average molecular weight is 379 g/mol. The molecule has 6 heteroatoms. The van der Waals surface area contributed by atoms with Crippen LogP contribution in [-0.4, -0.2) is 30.8 Å². The van der Waals surface area contributed by atoms with E-state index in [9.17, 15) is 14.4 Å². The predicted molar refractivity (Wildman–Crippen MR) is 109 cm³/mol. The van der Waals surface area contributed by atoms with E-state index in [2.05, 4.69) is 24.5 Å². The maximum atomic E-state index is 12.4. The van der Waals surface area contributed by atoms with Crippen LogP contribution >= 0.6 is 0 Å². The molecule has 1 heterocycles. The van der Waals surface area contributed by atoms with Crippen LogP contribution in [-0.2, 0) is 14.4 Å². The van der Waals surface area contributed by atoms with Gasteiger partial charge in [-0.05, 0) is 35.7 Å². The minimum Gasteiger partial charge on any atom is -0.347 e. The second-order valence-electron chi connectivity index (χ2n) is 7.29. The quantitative estimate of drug-likeness (QED) is 0.810. The van der Waals surface area contributed by atoms with Crippen molar-refractivity contribution in [3.8, 4) is 0 Å². The minimum atomic E-state index is -0.459. The number of benzene rings is 2. The fourth-order valence-corrected chi connectivity index (χ4v) is 3.22. The highest BCUT2D eigenvalue weighted by molar-refractivity contribution is 6.01. The first-order valence-electron chi connectivity index (χ1n) is 9.47. The fourth-order valence-electron chi connectivity index (χ4n) is 3.22. The highest BCUT2D eigenvalue weighted by atomic mass is 16.2. The molecule has 0 bridgehead atoms. The average Bonchev–Trinajstić information content (AvgIpc) is 3.09. The van der Waals surface area contributed by atoms with E-state index < -0.39 is 5.92 Å². The summed E-state index contributed by atoms with van der Waals surface area (Å²) >= 11 is 0. The number of carbonyl (C=O) groups excluding carboxylic acids is 3. The van der Waals surface area contributed by atoms with Gasteiger partial charge < -0.3 is 15.5 Å². The third-order valence-electron chi connectivity index (χ3n) is 4.83. The Kier molecular flexibility index (Phi) is 6.09. The van der Waals surface area contributed by atoms with Crippen LogP contribution < -0.4 is 15.5 Å². The van der Waals surface area contributed by atoms with Gasteiger partial charge in [0.25, 0.3) is 0 Å². The molecule has 0 aliphatic carbocycles. The Balaban J connectivity index is 1.55. The lowest BCUT2D eigenvalue weighted by atomic mass is 10.0. The smallest absolute Gasteiger partial charge is 0.243 e. The molecule has 0 aromatic heterocycles. The van der Waals surface area contributed by atoms with Crippen molar-refractivity contribution in [3.63, 3.8) is 0 Å². The van der Waals surface area contributed by atoms with E-state index >= 15 is 0 Å². The molecule has 2 aromatic carbocycles. The Morgan fingerprint density at radius 3 is 2.57 bits per heavy atom. The van der Waals surface area contributed by atoms with Gasteiger partial charge >= 0.3 is 0 Å². The van der Waals surface area contributed by atoms with Gasteiger partial charge in [0, 0.05) is 24.3 Å². The highest BCUT2D eigenvalue weighted by Gasteiger charge is 2.35. The lowest BCUT2D eigenvalue weighted by molar-refractivity contribution is -0.127. The SMILES string of the molecule is CC(C)c1cccc(N2CC(C(=O)NCC(=O)Nc3ccccc3)CC2=O)c1. The number of nitrogens with one attached hydrogen (secondary N) is 2. The summed E-state index contributed by atoms with van der Waals surface area (Å²) in [6.07, 6.45) is 0.151. The molecule has 1 fully saturated rings. The molecule has 6 nitrogen and oxygen atoms in total. The molecule has 3 amide bonds. The molecule has 0 spiro atoms. The Morgan fingerprint density at radius 1 is 1.11 bits per heavy atom. The van der Waals surface area contributed by atoms with E-state index in [4.69, 9.17) is 0 Å². The number of hydrogen-bond acceptors (Lipinski definition) is 3. The fraction of sp³-hybridized carbons (Fsp3) is 0.318. The third-order valence-corrected chi connectivity index (χ3v) is 4.83. The number of hydrogen-bond donors (Lipinski definition) is 2. The first-order valence-corrected chi connectivity index (χ1v) is 9.47. The third kappa shape index (κ3) is 4.76. The van der Waals surface area contributed by atoms with Gasteiger partial charge in [-0.3, -0.25) is 14.4 Å². The normalized spacial score (nSPS) is 16.3. The second kappa shape index (κ2) is 8.69. The molecule has 2 N–H and O–H groups in total. The van der Waals surface area contributed by atoms with E-state index in [0.29, 0.717) is 18.2 Å². The first-order chi connectivity index (χ1) is 13.4. The van der Waals surface area contributed by atoms with E-state index in [1.165, 1.54) is 0 Å². The van der Waals surface area contributed by atoms with Crippen molar-refractivity contribution in [1.82, 2.24) is 5.32 Å². The Morgan fingerprint density at radius 2 is 1.86 bits per heavy atom. The van der Waals surface area contributed by atoms with Crippen molar-refractivity contribution in [1.29, 1.82) is 0 Å². The van der Waals surface area contributed by atoms with Crippen molar-refractivity contribution >= 4 is 29.1 Å². The predicted octanol–water partition coefficient (Wildman–Crippen LogP) is 2.92. The Hall–Kier alpha value is -3.15. The molecule has 1 aliphatic rings. The van der Waals surface area contributed by atoms with Crippen LogP contribution in [0.2, 0.25) is 0 Å².